The Hall–Kier alpha value is -1.69. The number of hydrogen-bond acceptors (Lipinski definition) is 4. The largest absolute Gasteiger partial charge is 0.351 e. The molecule has 26 heavy (non-hydrogen) atoms. The number of hydrogen-bond donors (Lipinski definition) is 1. The van der Waals surface area contributed by atoms with Crippen LogP contribution in [0.2, 0.25) is 0 Å². The smallest absolute Gasteiger partial charge is 0.271 e. The van der Waals surface area contributed by atoms with Crippen molar-refractivity contribution in [2.24, 2.45) is 22.2 Å². The van der Waals surface area contributed by atoms with Crippen LogP contribution in [-0.2, 0) is 0 Å². The predicted octanol–water partition coefficient (Wildman–Crippen LogP) is 3.48. The van der Waals surface area contributed by atoms with Crippen LogP contribution >= 0.6 is 11.3 Å². The lowest BCUT2D eigenvalue weighted by Gasteiger charge is -2.65. The van der Waals surface area contributed by atoms with E-state index in [2.05, 4.69) is 24.1 Å². The number of amides is 1. The summed E-state index contributed by atoms with van der Waals surface area (Å²) in [7, 11) is 0. The van der Waals surface area contributed by atoms with E-state index in [-0.39, 0.29) is 22.4 Å². The second kappa shape index (κ2) is 5.18. The maximum atomic E-state index is 12.7. The molecule has 1 N–H and O–H groups in total. The molecule has 4 aliphatic carbocycles. The van der Waals surface area contributed by atoms with Gasteiger partial charge in [-0.1, -0.05) is 13.8 Å². The van der Waals surface area contributed by atoms with Gasteiger partial charge in [0, 0.05) is 24.3 Å². The lowest BCUT2D eigenvalue weighted by atomic mass is 9.40. The van der Waals surface area contributed by atoms with Crippen LogP contribution in [0.4, 0.5) is 0 Å². The number of carbonyl (C=O) groups is 1. The summed E-state index contributed by atoms with van der Waals surface area (Å²) in [6.45, 7) is 5.56. The van der Waals surface area contributed by atoms with Gasteiger partial charge in [0.15, 0.2) is 4.96 Å². The molecule has 2 atom stereocenters. The number of rotatable bonds is 3. The van der Waals surface area contributed by atoms with Gasteiger partial charge in [-0.05, 0) is 60.7 Å². The molecule has 4 fully saturated rings. The highest BCUT2D eigenvalue weighted by molar-refractivity contribution is 7.15. The van der Waals surface area contributed by atoms with E-state index in [1.54, 1.807) is 6.20 Å². The summed E-state index contributed by atoms with van der Waals surface area (Å²) in [5, 5.41) is 4.91. The van der Waals surface area contributed by atoms with Crippen molar-refractivity contribution in [3.8, 4) is 0 Å². The van der Waals surface area contributed by atoms with Crippen LogP contribution in [0, 0.1) is 22.2 Å². The van der Waals surface area contributed by atoms with Crippen molar-refractivity contribution < 1.29 is 4.79 Å². The number of nitrogens with one attached hydrogen (secondary N) is 1. The van der Waals surface area contributed by atoms with Gasteiger partial charge in [0.05, 0.1) is 0 Å². The van der Waals surface area contributed by atoms with E-state index in [0.29, 0.717) is 22.3 Å². The molecule has 2 unspecified atom stereocenters. The number of fused-ring (bicyclic) bond motifs is 1. The van der Waals surface area contributed by atoms with Gasteiger partial charge in [0.1, 0.15) is 5.56 Å². The van der Waals surface area contributed by atoms with Gasteiger partial charge < -0.3 is 5.32 Å². The average Bonchev–Trinajstić information content (AvgIpc) is 2.99. The van der Waals surface area contributed by atoms with Crippen molar-refractivity contribution >= 4 is 22.2 Å². The fraction of sp³-hybridized carbons (Fsp3) is 0.650. The van der Waals surface area contributed by atoms with Gasteiger partial charge in [-0.15, -0.1) is 11.3 Å². The summed E-state index contributed by atoms with van der Waals surface area (Å²) in [6.07, 6.45) is 10.7. The normalized spacial score (nSPS) is 38.0. The molecule has 0 radical (unpaired) electrons. The highest BCUT2D eigenvalue weighted by Gasteiger charge is 2.59. The van der Waals surface area contributed by atoms with E-state index in [4.69, 9.17) is 0 Å². The van der Waals surface area contributed by atoms with Crippen LogP contribution in [-0.4, -0.2) is 21.8 Å². The van der Waals surface area contributed by atoms with Crippen molar-refractivity contribution in [3.05, 3.63) is 33.7 Å². The maximum absolute atomic E-state index is 12.7. The third-order valence-electron chi connectivity index (χ3n) is 6.95. The first-order chi connectivity index (χ1) is 12.3. The molecule has 0 saturated heterocycles. The van der Waals surface area contributed by atoms with E-state index < -0.39 is 0 Å². The second-order valence-electron chi connectivity index (χ2n) is 9.85. The molecule has 2 aromatic heterocycles. The fourth-order valence-electron chi connectivity index (χ4n) is 7.22. The fourth-order valence-corrected chi connectivity index (χ4v) is 7.90. The molecule has 4 bridgehead atoms. The SMILES string of the molecule is CC12CC3CC(C)(C1)CC(CNC(=O)c1cnc4sccn4c1=O)(C3)C2. The molecular weight excluding hydrogens is 346 g/mol. The molecular formula is C20H25N3O2S. The average molecular weight is 372 g/mol. The van der Waals surface area contributed by atoms with Crippen molar-refractivity contribution in [1.29, 1.82) is 0 Å². The topological polar surface area (TPSA) is 63.5 Å². The Labute approximate surface area is 156 Å². The van der Waals surface area contributed by atoms with Crippen molar-refractivity contribution in [2.75, 3.05) is 6.54 Å². The molecule has 4 aliphatic rings. The Morgan fingerprint density at radius 1 is 1.27 bits per heavy atom. The lowest BCUT2D eigenvalue weighted by Crippen LogP contribution is -2.58. The van der Waals surface area contributed by atoms with Crippen LogP contribution < -0.4 is 10.9 Å². The summed E-state index contributed by atoms with van der Waals surface area (Å²) >= 11 is 1.39. The molecule has 6 rings (SSSR count). The first-order valence-corrected chi connectivity index (χ1v) is 10.4. The van der Waals surface area contributed by atoms with Gasteiger partial charge in [-0.2, -0.15) is 0 Å². The molecule has 2 aromatic rings. The molecule has 5 nitrogen and oxygen atoms in total. The summed E-state index contributed by atoms with van der Waals surface area (Å²) in [6, 6.07) is 0. The molecule has 2 heterocycles. The molecule has 0 spiro atoms. The first kappa shape index (κ1) is 16.5. The van der Waals surface area contributed by atoms with Crippen LogP contribution in [0.5, 0.6) is 0 Å². The second-order valence-corrected chi connectivity index (χ2v) is 10.7. The van der Waals surface area contributed by atoms with Crippen LogP contribution in [0.15, 0.2) is 22.6 Å². The Bertz CT molecular complexity index is 943. The molecule has 138 valence electrons. The van der Waals surface area contributed by atoms with Crippen LogP contribution in [0.25, 0.3) is 4.96 Å². The number of nitrogens with zero attached hydrogens (tertiary/aromatic N) is 2. The highest BCUT2D eigenvalue weighted by Crippen LogP contribution is 2.69. The molecule has 0 aromatic carbocycles. The Balaban J connectivity index is 1.38. The summed E-state index contributed by atoms with van der Waals surface area (Å²) in [5.41, 5.74) is 0.918. The van der Waals surface area contributed by atoms with Gasteiger partial charge in [-0.3, -0.25) is 14.0 Å². The summed E-state index contributed by atoms with van der Waals surface area (Å²) in [4.78, 5) is 30.1. The van der Waals surface area contributed by atoms with Gasteiger partial charge >= 0.3 is 0 Å². The number of thiazole rings is 1. The van der Waals surface area contributed by atoms with Crippen molar-refractivity contribution in [2.45, 2.75) is 52.4 Å². The monoisotopic (exact) mass is 371 g/mol. The highest BCUT2D eigenvalue weighted by atomic mass is 32.1. The zero-order chi connectivity index (χ0) is 18.2. The van der Waals surface area contributed by atoms with Crippen molar-refractivity contribution in [3.63, 3.8) is 0 Å². The number of carbonyl (C=O) groups excluding carboxylic acids is 1. The van der Waals surface area contributed by atoms with Crippen LogP contribution in [0.1, 0.15) is 62.7 Å². The van der Waals surface area contributed by atoms with Crippen molar-refractivity contribution in [1.82, 2.24) is 14.7 Å². The molecule has 0 aliphatic heterocycles. The summed E-state index contributed by atoms with van der Waals surface area (Å²) < 4.78 is 1.45. The Morgan fingerprint density at radius 3 is 2.69 bits per heavy atom. The van der Waals surface area contributed by atoms with E-state index in [1.165, 1.54) is 60.5 Å². The van der Waals surface area contributed by atoms with Gasteiger partial charge in [-0.25, -0.2) is 4.98 Å². The predicted molar refractivity (Wildman–Crippen MR) is 102 cm³/mol. The van der Waals surface area contributed by atoms with E-state index in [9.17, 15) is 9.59 Å². The zero-order valence-electron chi connectivity index (χ0n) is 15.4. The van der Waals surface area contributed by atoms with E-state index in [0.717, 1.165) is 5.92 Å². The Morgan fingerprint density at radius 2 is 2.00 bits per heavy atom. The van der Waals surface area contributed by atoms with E-state index >= 15 is 0 Å². The quantitative estimate of drug-likeness (QED) is 0.898. The van der Waals surface area contributed by atoms with E-state index in [1.807, 2.05) is 5.38 Å². The number of aromatic nitrogens is 2. The summed E-state index contributed by atoms with van der Waals surface area (Å²) in [5.74, 6) is 0.516. The van der Waals surface area contributed by atoms with Gasteiger partial charge in [0.25, 0.3) is 11.5 Å². The minimum Gasteiger partial charge on any atom is -0.351 e. The third kappa shape index (κ3) is 2.45. The van der Waals surface area contributed by atoms with Crippen LogP contribution in [0.3, 0.4) is 0 Å². The Kier molecular flexibility index (Phi) is 3.29. The minimum atomic E-state index is -0.283. The first-order valence-electron chi connectivity index (χ1n) is 9.52. The lowest BCUT2D eigenvalue weighted by molar-refractivity contribution is -0.142. The van der Waals surface area contributed by atoms with Gasteiger partial charge in [0.2, 0.25) is 0 Å². The molecule has 6 heteroatoms. The minimum absolute atomic E-state index is 0.142. The third-order valence-corrected chi connectivity index (χ3v) is 7.72. The molecule has 4 saturated carbocycles. The standard InChI is InChI=1S/C20H25N3O2S/c1-18-5-13-6-19(2,9-18)11-20(7-13,10-18)12-22-15(24)14-8-21-17-23(16(14)25)3-4-26-17/h3-4,8,13H,5-7,9-12H2,1-2H3,(H,22,24). The molecule has 1 amide bonds. The zero-order valence-corrected chi connectivity index (χ0v) is 16.2. The maximum Gasteiger partial charge on any atom is 0.271 e.